The van der Waals surface area contributed by atoms with E-state index < -0.39 is 17.6 Å². The molecule has 1 aromatic carbocycles. The van der Waals surface area contributed by atoms with Crippen LogP contribution in [0.5, 0.6) is 0 Å². The molecule has 1 atom stereocenters. The predicted molar refractivity (Wildman–Crippen MR) is 107 cm³/mol. The van der Waals surface area contributed by atoms with E-state index in [1.54, 1.807) is 0 Å². The van der Waals surface area contributed by atoms with Gasteiger partial charge < -0.3 is 15.4 Å². The molecule has 1 aliphatic rings. The molecule has 1 saturated heterocycles. The lowest BCUT2D eigenvalue weighted by molar-refractivity contribution is -0.137. The van der Waals surface area contributed by atoms with Crippen molar-refractivity contribution in [3.63, 3.8) is 0 Å². The first kappa shape index (κ1) is 22.8. The lowest BCUT2D eigenvalue weighted by Gasteiger charge is -2.32. The number of hydrogen-bond acceptors (Lipinski definition) is 5. The highest BCUT2D eigenvalue weighted by molar-refractivity contribution is 5.94. The maximum absolute atomic E-state index is 12.8. The number of benzene rings is 1. The van der Waals surface area contributed by atoms with Crippen LogP contribution in [0.4, 0.5) is 24.5 Å². The van der Waals surface area contributed by atoms with E-state index in [-0.39, 0.29) is 24.2 Å². The Kier molecular flexibility index (Phi) is 7.29. The van der Waals surface area contributed by atoms with Crippen LogP contribution < -0.4 is 10.6 Å². The Morgan fingerprint density at radius 3 is 2.61 bits per heavy atom. The topological polar surface area (TPSA) is 88.5 Å². The zero-order valence-electron chi connectivity index (χ0n) is 17.0. The number of carbonyl (C=O) groups is 2. The first-order valence-electron chi connectivity index (χ1n) is 9.88. The van der Waals surface area contributed by atoms with Gasteiger partial charge in [0.2, 0.25) is 11.8 Å². The number of aromatic nitrogens is 2. The SMILES string of the molecule is CC[C@H](C(=O)Nc1cnn(CC(=O)Nc2cccc(C(F)(F)F)c2)c1)N1CCOCC1. The smallest absolute Gasteiger partial charge is 0.379 e. The van der Waals surface area contributed by atoms with E-state index in [4.69, 9.17) is 4.74 Å². The van der Waals surface area contributed by atoms with Crippen molar-refractivity contribution in [2.45, 2.75) is 32.1 Å². The van der Waals surface area contributed by atoms with Gasteiger partial charge in [0.15, 0.2) is 0 Å². The highest BCUT2D eigenvalue weighted by Crippen LogP contribution is 2.30. The molecule has 0 spiro atoms. The van der Waals surface area contributed by atoms with E-state index in [1.807, 2.05) is 6.92 Å². The third-order valence-electron chi connectivity index (χ3n) is 4.86. The number of ether oxygens (including phenoxy) is 1. The molecule has 1 aromatic heterocycles. The molecule has 0 unspecified atom stereocenters. The van der Waals surface area contributed by atoms with Crippen molar-refractivity contribution in [3.8, 4) is 0 Å². The van der Waals surface area contributed by atoms with Crippen LogP contribution in [0.25, 0.3) is 0 Å². The molecular weight excluding hydrogens is 415 g/mol. The van der Waals surface area contributed by atoms with E-state index >= 15 is 0 Å². The second-order valence-corrected chi connectivity index (χ2v) is 7.11. The van der Waals surface area contributed by atoms with Gasteiger partial charge >= 0.3 is 6.18 Å². The summed E-state index contributed by atoms with van der Waals surface area (Å²) in [7, 11) is 0. The molecule has 168 valence electrons. The second-order valence-electron chi connectivity index (χ2n) is 7.11. The Morgan fingerprint density at radius 1 is 1.19 bits per heavy atom. The molecule has 11 heteroatoms. The van der Waals surface area contributed by atoms with Crippen LogP contribution in [0, 0.1) is 0 Å². The molecule has 0 radical (unpaired) electrons. The fraction of sp³-hybridized carbons (Fsp3) is 0.450. The molecule has 2 amide bonds. The zero-order chi connectivity index (χ0) is 22.4. The summed E-state index contributed by atoms with van der Waals surface area (Å²) in [5.74, 6) is -0.711. The summed E-state index contributed by atoms with van der Waals surface area (Å²) < 4.78 is 45.0. The highest BCUT2D eigenvalue weighted by Gasteiger charge is 2.30. The third-order valence-corrected chi connectivity index (χ3v) is 4.86. The molecule has 0 bridgehead atoms. The minimum atomic E-state index is -4.49. The van der Waals surface area contributed by atoms with Crippen LogP contribution in [0.15, 0.2) is 36.7 Å². The number of nitrogens with one attached hydrogen (secondary N) is 2. The van der Waals surface area contributed by atoms with E-state index in [0.717, 1.165) is 12.1 Å². The molecule has 2 aromatic rings. The molecule has 1 aliphatic heterocycles. The predicted octanol–water partition coefficient (Wildman–Crippen LogP) is 2.59. The number of rotatable bonds is 7. The average molecular weight is 439 g/mol. The summed E-state index contributed by atoms with van der Waals surface area (Å²) in [5.41, 5.74) is -0.375. The summed E-state index contributed by atoms with van der Waals surface area (Å²) in [6, 6.07) is 4.09. The van der Waals surface area contributed by atoms with Crippen molar-refractivity contribution in [3.05, 3.63) is 42.2 Å². The van der Waals surface area contributed by atoms with Gasteiger partial charge in [0.05, 0.1) is 36.7 Å². The van der Waals surface area contributed by atoms with Gasteiger partial charge in [-0.25, -0.2) is 0 Å². The van der Waals surface area contributed by atoms with E-state index in [0.29, 0.717) is 38.4 Å². The summed E-state index contributed by atoms with van der Waals surface area (Å²) in [6.45, 7) is 4.25. The molecular formula is C20H24F3N5O3. The summed E-state index contributed by atoms with van der Waals surface area (Å²) in [5, 5.41) is 9.25. The molecule has 0 aliphatic carbocycles. The minimum Gasteiger partial charge on any atom is -0.379 e. The Balaban J connectivity index is 1.55. The number of morpholine rings is 1. The maximum atomic E-state index is 12.8. The van der Waals surface area contributed by atoms with Gasteiger partial charge in [-0.05, 0) is 24.6 Å². The van der Waals surface area contributed by atoms with Gasteiger partial charge in [-0.15, -0.1) is 0 Å². The Labute approximate surface area is 177 Å². The lowest BCUT2D eigenvalue weighted by atomic mass is 10.1. The van der Waals surface area contributed by atoms with Crippen molar-refractivity contribution in [2.75, 3.05) is 36.9 Å². The van der Waals surface area contributed by atoms with Crippen molar-refractivity contribution in [1.82, 2.24) is 14.7 Å². The van der Waals surface area contributed by atoms with E-state index in [2.05, 4.69) is 20.6 Å². The fourth-order valence-corrected chi connectivity index (χ4v) is 3.36. The Morgan fingerprint density at radius 2 is 1.94 bits per heavy atom. The largest absolute Gasteiger partial charge is 0.416 e. The molecule has 8 nitrogen and oxygen atoms in total. The number of hydrogen-bond donors (Lipinski definition) is 2. The Hall–Kier alpha value is -2.92. The van der Waals surface area contributed by atoms with Gasteiger partial charge in [-0.2, -0.15) is 18.3 Å². The van der Waals surface area contributed by atoms with Crippen LogP contribution in [-0.2, 0) is 27.0 Å². The molecule has 3 rings (SSSR count). The number of halogens is 3. The van der Waals surface area contributed by atoms with Crippen molar-refractivity contribution in [2.24, 2.45) is 0 Å². The minimum absolute atomic E-state index is 0.0387. The van der Waals surface area contributed by atoms with Crippen LogP contribution in [0.2, 0.25) is 0 Å². The van der Waals surface area contributed by atoms with Gasteiger partial charge in [-0.3, -0.25) is 19.2 Å². The van der Waals surface area contributed by atoms with Gasteiger partial charge in [0, 0.05) is 25.0 Å². The Bertz CT molecular complexity index is 909. The van der Waals surface area contributed by atoms with Crippen LogP contribution in [0.3, 0.4) is 0 Å². The molecule has 1 fully saturated rings. The number of alkyl halides is 3. The number of carbonyl (C=O) groups excluding carboxylic acids is 2. The maximum Gasteiger partial charge on any atom is 0.416 e. The summed E-state index contributed by atoms with van der Waals surface area (Å²) in [4.78, 5) is 26.9. The number of anilines is 2. The monoisotopic (exact) mass is 439 g/mol. The fourth-order valence-electron chi connectivity index (χ4n) is 3.36. The van der Waals surface area contributed by atoms with Crippen molar-refractivity contribution in [1.29, 1.82) is 0 Å². The lowest BCUT2D eigenvalue weighted by Crippen LogP contribution is -2.48. The average Bonchev–Trinajstić information content (AvgIpc) is 3.15. The van der Waals surface area contributed by atoms with E-state index in [9.17, 15) is 22.8 Å². The second kappa shape index (κ2) is 9.92. The third kappa shape index (κ3) is 6.28. The normalized spacial score (nSPS) is 16.0. The van der Waals surface area contributed by atoms with Crippen molar-refractivity contribution >= 4 is 23.2 Å². The zero-order valence-corrected chi connectivity index (χ0v) is 17.0. The standard InChI is InChI=1S/C20H24F3N5O3/c1-2-17(27-6-8-31-9-7-27)19(30)26-16-11-24-28(12-16)13-18(29)25-15-5-3-4-14(10-15)20(21,22)23/h3-5,10-12,17H,2,6-9,13H2,1H3,(H,25,29)(H,26,30)/t17-/m1/s1. The molecule has 2 N–H and O–H groups in total. The summed E-state index contributed by atoms with van der Waals surface area (Å²) in [6.07, 6.45) is -0.941. The summed E-state index contributed by atoms with van der Waals surface area (Å²) >= 11 is 0. The quantitative estimate of drug-likeness (QED) is 0.693. The number of nitrogens with zero attached hydrogens (tertiary/aromatic N) is 3. The van der Waals surface area contributed by atoms with Crippen LogP contribution in [0.1, 0.15) is 18.9 Å². The first-order valence-corrected chi connectivity index (χ1v) is 9.88. The molecule has 31 heavy (non-hydrogen) atoms. The van der Waals surface area contributed by atoms with Gasteiger partial charge in [0.1, 0.15) is 6.54 Å². The van der Waals surface area contributed by atoms with Crippen LogP contribution >= 0.6 is 0 Å². The van der Waals surface area contributed by atoms with E-state index in [1.165, 1.54) is 29.2 Å². The molecule has 2 heterocycles. The van der Waals surface area contributed by atoms with Crippen molar-refractivity contribution < 1.29 is 27.5 Å². The van der Waals surface area contributed by atoms with Gasteiger partial charge in [-0.1, -0.05) is 13.0 Å². The highest BCUT2D eigenvalue weighted by atomic mass is 19.4. The first-order chi connectivity index (χ1) is 14.8. The van der Waals surface area contributed by atoms with Crippen LogP contribution in [-0.4, -0.2) is 58.8 Å². The number of amides is 2. The molecule has 0 saturated carbocycles. The van der Waals surface area contributed by atoms with Gasteiger partial charge in [0.25, 0.3) is 0 Å².